The molecule has 0 radical (unpaired) electrons. The van der Waals surface area contributed by atoms with Gasteiger partial charge in [0.2, 0.25) is 0 Å². The molecule has 0 spiro atoms. The van der Waals surface area contributed by atoms with E-state index in [9.17, 15) is 4.79 Å². The van der Waals surface area contributed by atoms with Crippen molar-refractivity contribution in [3.05, 3.63) is 35.9 Å². The average Bonchev–Trinajstić information content (AvgIpc) is 2.27. The summed E-state index contributed by atoms with van der Waals surface area (Å²) < 4.78 is 0.714. The fourth-order valence-electron chi connectivity index (χ4n) is 0.911. The molecule has 1 aromatic carbocycles. The molecule has 0 saturated heterocycles. The topological polar surface area (TPSA) is 17.1 Å². The number of hydrogen-bond acceptors (Lipinski definition) is 4. The van der Waals surface area contributed by atoms with E-state index in [2.05, 4.69) is 12.1 Å². The number of thiocarbonyl (C=S) groups is 1. The molecule has 0 heterocycles. The van der Waals surface area contributed by atoms with Crippen LogP contribution in [-0.4, -0.2) is 8.64 Å². The number of carbonyl (C=O) groups is 1. The molecular weight excluding hydrogens is 244 g/mol. The minimum atomic E-state index is 0.139. The van der Waals surface area contributed by atoms with Crippen LogP contribution < -0.4 is 0 Å². The fraction of sp³-hybridized carbons (Fsp3) is 0.273. The molecule has 80 valence electrons. The number of benzene rings is 1. The molecular formula is C11H12OS3. The highest BCUT2D eigenvalue weighted by Crippen LogP contribution is 2.22. The summed E-state index contributed by atoms with van der Waals surface area (Å²) in [6.45, 7) is 1.85. The van der Waals surface area contributed by atoms with E-state index in [1.807, 2.05) is 25.1 Å². The zero-order chi connectivity index (χ0) is 11.1. The molecule has 1 aromatic rings. The molecule has 0 unspecified atom stereocenters. The minimum Gasteiger partial charge on any atom is -0.287 e. The molecule has 0 amide bonds. The Morgan fingerprint density at radius 3 is 2.60 bits per heavy atom. The molecule has 0 bridgehead atoms. The van der Waals surface area contributed by atoms with Crippen molar-refractivity contribution >= 4 is 44.4 Å². The predicted molar refractivity (Wildman–Crippen MR) is 73.2 cm³/mol. The van der Waals surface area contributed by atoms with Crippen LogP contribution in [0.15, 0.2) is 30.3 Å². The normalized spacial score (nSPS) is 9.93. The van der Waals surface area contributed by atoms with Gasteiger partial charge in [-0.05, 0) is 17.3 Å². The summed E-state index contributed by atoms with van der Waals surface area (Å²) >= 11 is 7.82. The molecule has 0 saturated carbocycles. The van der Waals surface area contributed by atoms with Gasteiger partial charge in [-0.3, -0.25) is 4.79 Å². The summed E-state index contributed by atoms with van der Waals surface area (Å²) in [6, 6.07) is 10.1. The number of hydrogen-bond donors (Lipinski definition) is 0. The summed E-state index contributed by atoms with van der Waals surface area (Å²) in [5.41, 5.74) is 1.23. The van der Waals surface area contributed by atoms with Crippen LogP contribution in [-0.2, 0) is 10.5 Å². The van der Waals surface area contributed by atoms with Gasteiger partial charge in [0.05, 0.1) is 0 Å². The van der Waals surface area contributed by atoms with E-state index >= 15 is 0 Å². The van der Waals surface area contributed by atoms with E-state index in [1.54, 1.807) is 11.8 Å². The van der Waals surface area contributed by atoms with Crippen LogP contribution in [0.1, 0.15) is 18.9 Å². The van der Waals surface area contributed by atoms with Crippen LogP contribution in [0.3, 0.4) is 0 Å². The van der Waals surface area contributed by atoms with Crippen molar-refractivity contribution < 1.29 is 4.79 Å². The quantitative estimate of drug-likeness (QED) is 0.763. The van der Waals surface area contributed by atoms with Gasteiger partial charge in [-0.1, -0.05) is 49.5 Å². The van der Waals surface area contributed by atoms with Crippen molar-refractivity contribution in [2.75, 3.05) is 0 Å². The second-order valence-corrected chi connectivity index (χ2v) is 6.09. The third kappa shape index (κ3) is 5.35. The Hall–Kier alpha value is -0.320. The SMILES string of the molecule is CCC(=O)SC(=S)SCc1ccccc1. The molecule has 15 heavy (non-hydrogen) atoms. The fourth-order valence-corrected chi connectivity index (χ4v) is 2.87. The number of rotatable bonds is 3. The Kier molecular flexibility index (Phi) is 5.98. The maximum atomic E-state index is 11.1. The average molecular weight is 256 g/mol. The van der Waals surface area contributed by atoms with Gasteiger partial charge < -0.3 is 0 Å². The third-order valence-electron chi connectivity index (χ3n) is 1.69. The molecule has 1 rings (SSSR count). The Balaban J connectivity index is 2.32. The zero-order valence-electron chi connectivity index (χ0n) is 8.43. The largest absolute Gasteiger partial charge is 0.287 e. The lowest BCUT2D eigenvalue weighted by Gasteiger charge is -2.01. The van der Waals surface area contributed by atoms with Crippen molar-refractivity contribution in [1.29, 1.82) is 0 Å². The molecule has 0 aliphatic heterocycles. The summed E-state index contributed by atoms with van der Waals surface area (Å²) in [6.07, 6.45) is 0.538. The van der Waals surface area contributed by atoms with E-state index in [1.165, 1.54) is 17.3 Å². The van der Waals surface area contributed by atoms with Gasteiger partial charge in [0.25, 0.3) is 0 Å². The van der Waals surface area contributed by atoms with Crippen LogP contribution >= 0.6 is 35.7 Å². The first-order valence-corrected chi connectivity index (χ1v) is 6.84. The Labute approximate surface area is 104 Å². The lowest BCUT2D eigenvalue weighted by atomic mass is 10.2. The van der Waals surface area contributed by atoms with E-state index in [4.69, 9.17) is 12.2 Å². The van der Waals surface area contributed by atoms with E-state index < -0.39 is 0 Å². The van der Waals surface area contributed by atoms with Gasteiger partial charge in [0.15, 0.2) is 5.12 Å². The van der Waals surface area contributed by atoms with Crippen molar-refractivity contribution in [2.45, 2.75) is 19.1 Å². The maximum Gasteiger partial charge on any atom is 0.194 e. The third-order valence-corrected chi connectivity index (χ3v) is 4.29. The highest BCUT2D eigenvalue weighted by Gasteiger charge is 2.05. The van der Waals surface area contributed by atoms with Gasteiger partial charge in [0.1, 0.15) is 3.53 Å². The Bertz CT molecular complexity index is 335. The van der Waals surface area contributed by atoms with Crippen molar-refractivity contribution in [2.24, 2.45) is 0 Å². The van der Waals surface area contributed by atoms with Gasteiger partial charge in [0, 0.05) is 12.2 Å². The second-order valence-electron chi connectivity index (χ2n) is 2.85. The predicted octanol–water partition coefficient (Wildman–Crippen LogP) is 3.87. The first-order valence-electron chi connectivity index (χ1n) is 4.63. The van der Waals surface area contributed by atoms with E-state index in [0.29, 0.717) is 9.95 Å². The molecule has 0 atom stereocenters. The molecule has 0 aliphatic rings. The summed E-state index contributed by atoms with van der Waals surface area (Å²) in [5.74, 6) is 0.837. The van der Waals surface area contributed by atoms with Crippen LogP contribution in [0.2, 0.25) is 0 Å². The van der Waals surface area contributed by atoms with Gasteiger partial charge >= 0.3 is 0 Å². The lowest BCUT2D eigenvalue weighted by molar-refractivity contribution is -0.110. The number of thioether (sulfide) groups is 2. The van der Waals surface area contributed by atoms with Gasteiger partial charge in [-0.15, -0.1) is 11.8 Å². The molecule has 4 heteroatoms. The van der Waals surface area contributed by atoms with Crippen LogP contribution in [0.25, 0.3) is 0 Å². The van der Waals surface area contributed by atoms with Crippen LogP contribution in [0.5, 0.6) is 0 Å². The lowest BCUT2D eigenvalue weighted by Crippen LogP contribution is -1.92. The molecule has 0 N–H and O–H groups in total. The molecule has 0 aliphatic carbocycles. The van der Waals surface area contributed by atoms with E-state index in [-0.39, 0.29) is 5.12 Å². The summed E-state index contributed by atoms with van der Waals surface area (Å²) in [5, 5.41) is 0.139. The first-order chi connectivity index (χ1) is 7.22. The van der Waals surface area contributed by atoms with Crippen LogP contribution in [0.4, 0.5) is 0 Å². The highest BCUT2D eigenvalue weighted by molar-refractivity contribution is 8.51. The molecule has 1 nitrogen and oxygen atoms in total. The van der Waals surface area contributed by atoms with Crippen molar-refractivity contribution in [3.63, 3.8) is 0 Å². The second kappa shape index (κ2) is 7.04. The minimum absolute atomic E-state index is 0.139. The van der Waals surface area contributed by atoms with Crippen LogP contribution in [0, 0.1) is 0 Å². The highest BCUT2D eigenvalue weighted by atomic mass is 32.2. The molecule has 0 aromatic heterocycles. The number of carbonyl (C=O) groups excluding carboxylic acids is 1. The van der Waals surface area contributed by atoms with Crippen molar-refractivity contribution in [3.8, 4) is 0 Å². The smallest absolute Gasteiger partial charge is 0.194 e. The monoisotopic (exact) mass is 256 g/mol. The Morgan fingerprint density at radius 2 is 2.00 bits per heavy atom. The first kappa shape index (κ1) is 12.7. The van der Waals surface area contributed by atoms with E-state index in [0.717, 1.165) is 5.75 Å². The van der Waals surface area contributed by atoms with Gasteiger partial charge in [-0.25, -0.2) is 0 Å². The zero-order valence-corrected chi connectivity index (χ0v) is 10.9. The Morgan fingerprint density at radius 1 is 1.33 bits per heavy atom. The standard InChI is InChI=1S/C11H12OS3/c1-2-10(12)15-11(13)14-8-9-6-4-3-5-7-9/h3-7H,2,8H2,1H3. The maximum absolute atomic E-state index is 11.1. The summed E-state index contributed by atoms with van der Waals surface area (Å²) in [4.78, 5) is 11.1. The van der Waals surface area contributed by atoms with Gasteiger partial charge in [-0.2, -0.15) is 0 Å². The summed E-state index contributed by atoms with van der Waals surface area (Å²) in [7, 11) is 0. The van der Waals surface area contributed by atoms with Crippen molar-refractivity contribution in [1.82, 2.24) is 0 Å². The molecule has 0 fully saturated rings.